The van der Waals surface area contributed by atoms with Crippen LogP contribution in [0.4, 0.5) is 18.3 Å². The third-order valence-electron chi connectivity index (χ3n) is 3.08. The fraction of sp³-hybridized carbons (Fsp3) is 0.462. The SMILES string of the molecule is FC(F)(F)c1cccnc1OCCNc1nc(C2CC2)ns1. The third kappa shape index (κ3) is 3.65. The molecule has 1 saturated carbocycles. The molecule has 0 atom stereocenters. The minimum Gasteiger partial charge on any atom is -0.475 e. The summed E-state index contributed by atoms with van der Waals surface area (Å²) in [6.07, 6.45) is -0.960. The first-order valence-electron chi connectivity index (χ1n) is 6.76. The first kappa shape index (κ1) is 15.0. The lowest BCUT2D eigenvalue weighted by Crippen LogP contribution is -2.15. The molecule has 0 aromatic carbocycles. The summed E-state index contributed by atoms with van der Waals surface area (Å²) in [5, 5.41) is 3.64. The van der Waals surface area contributed by atoms with Crippen LogP contribution in [0.25, 0.3) is 0 Å². The number of alkyl halides is 3. The van der Waals surface area contributed by atoms with Crippen LogP contribution >= 0.6 is 11.5 Å². The maximum atomic E-state index is 12.8. The van der Waals surface area contributed by atoms with E-state index in [1.807, 2.05) is 0 Å². The van der Waals surface area contributed by atoms with Crippen LogP contribution < -0.4 is 10.1 Å². The van der Waals surface area contributed by atoms with Crippen LogP contribution in [0.2, 0.25) is 0 Å². The first-order chi connectivity index (χ1) is 10.5. The molecule has 2 aromatic heterocycles. The Bertz CT molecular complexity index is 642. The molecule has 118 valence electrons. The average Bonchev–Trinajstić information content (AvgIpc) is 3.23. The lowest BCUT2D eigenvalue weighted by molar-refractivity contribution is -0.139. The van der Waals surface area contributed by atoms with E-state index in [2.05, 4.69) is 19.7 Å². The molecule has 0 spiro atoms. The number of nitrogens with zero attached hydrogens (tertiary/aromatic N) is 3. The fourth-order valence-corrected chi connectivity index (χ4v) is 2.51. The van der Waals surface area contributed by atoms with Gasteiger partial charge in [0.25, 0.3) is 0 Å². The van der Waals surface area contributed by atoms with Crippen molar-refractivity contribution in [3.8, 4) is 5.88 Å². The van der Waals surface area contributed by atoms with Crippen LogP contribution in [0.15, 0.2) is 18.3 Å². The molecule has 1 aliphatic carbocycles. The van der Waals surface area contributed by atoms with Crippen LogP contribution in [0.3, 0.4) is 0 Å². The summed E-state index contributed by atoms with van der Waals surface area (Å²) in [7, 11) is 0. The van der Waals surface area contributed by atoms with Crippen molar-refractivity contribution < 1.29 is 17.9 Å². The lowest BCUT2D eigenvalue weighted by atomic mass is 10.2. The number of hydrogen-bond donors (Lipinski definition) is 1. The molecule has 1 N–H and O–H groups in total. The maximum absolute atomic E-state index is 12.8. The summed E-state index contributed by atoms with van der Waals surface area (Å²) in [6, 6.07) is 2.18. The largest absolute Gasteiger partial charge is 0.475 e. The Balaban J connectivity index is 1.50. The highest BCUT2D eigenvalue weighted by molar-refractivity contribution is 7.09. The Morgan fingerprint density at radius 3 is 2.91 bits per heavy atom. The van der Waals surface area contributed by atoms with Crippen molar-refractivity contribution in [3.05, 3.63) is 29.7 Å². The minimum absolute atomic E-state index is 0.0540. The molecule has 0 bridgehead atoms. The number of halogens is 3. The predicted octanol–water partition coefficient (Wildman–Crippen LogP) is 3.32. The highest BCUT2D eigenvalue weighted by Gasteiger charge is 2.35. The quantitative estimate of drug-likeness (QED) is 0.823. The van der Waals surface area contributed by atoms with E-state index in [0.717, 1.165) is 24.7 Å². The maximum Gasteiger partial charge on any atom is 0.421 e. The Hall–Kier alpha value is -1.90. The van der Waals surface area contributed by atoms with Gasteiger partial charge in [0.1, 0.15) is 18.0 Å². The third-order valence-corrected chi connectivity index (χ3v) is 3.76. The molecule has 0 saturated heterocycles. The molecule has 2 aromatic rings. The van der Waals surface area contributed by atoms with Crippen LogP contribution in [0.5, 0.6) is 5.88 Å². The summed E-state index contributed by atoms with van der Waals surface area (Å²) in [4.78, 5) is 7.95. The number of anilines is 1. The van der Waals surface area contributed by atoms with E-state index in [4.69, 9.17) is 4.74 Å². The van der Waals surface area contributed by atoms with Gasteiger partial charge < -0.3 is 10.1 Å². The van der Waals surface area contributed by atoms with Gasteiger partial charge in [0.15, 0.2) is 0 Å². The molecule has 0 unspecified atom stereocenters. The van der Waals surface area contributed by atoms with E-state index in [9.17, 15) is 13.2 Å². The van der Waals surface area contributed by atoms with Gasteiger partial charge in [-0.1, -0.05) is 0 Å². The Labute approximate surface area is 128 Å². The van der Waals surface area contributed by atoms with Gasteiger partial charge in [-0.15, -0.1) is 0 Å². The molecule has 0 aliphatic heterocycles. The lowest BCUT2D eigenvalue weighted by Gasteiger charge is -2.12. The van der Waals surface area contributed by atoms with Crippen LogP contribution in [-0.4, -0.2) is 27.5 Å². The molecule has 0 radical (unpaired) electrons. The number of hydrogen-bond acceptors (Lipinski definition) is 6. The number of ether oxygens (including phenoxy) is 1. The summed E-state index contributed by atoms with van der Waals surface area (Å²) in [5.41, 5.74) is -0.873. The zero-order chi connectivity index (χ0) is 15.6. The normalized spacial score (nSPS) is 14.9. The fourth-order valence-electron chi connectivity index (χ4n) is 1.84. The molecule has 22 heavy (non-hydrogen) atoms. The molecular formula is C13H13F3N4OS. The van der Waals surface area contributed by atoms with Gasteiger partial charge in [-0.05, 0) is 25.0 Å². The van der Waals surface area contributed by atoms with Crippen molar-refractivity contribution in [1.82, 2.24) is 14.3 Å². The smallest absolute Gasteiger partial charge is 0.421 e. The highest BCUT2D eigenvalue weighted by Crippen LogP contribution is 2.39. The van der Waals surface area contributed by atoms with Crippen LogP contribution in [0, 0.1) is 0 Å². The second-order valence-electron chi connectivity index (χ2n) is 4.86. The zero-order valence-electron chi connectivity index (χ0n) is 11.4. The molecule has 1 fully saturated rings. The standard InChI is InChI=1S/C13H13F3N4OS/c14-13(15,16)9-2-1-5-17-11(9)21-7-6-18-12-19-10(20-22-12)8-3-4-8/h1-2,5,8H,3-4,6-7H2,(H,18,19,20). The van der Waals surface area contributed by atoms with E-state index in [1.54, 1.807) is 0 Å². The molecule has 3 rings (SSSR count). The van der Waals surface area contributed by atoms with Crippen molar-refractivity contribution in [2.24, 2.45) is 0 Å². The van der Waals surface area contributed by atoms with Crippen molar-refractivity contribution >= 4 is 16.7 Å². The van der Waals surface area contributed by atoms with E-state index in [0.29, 0.717) is 17.6 Å². The van der Waals surface area contributed by atoms with Gasteiger partial charge in [0.05, 0.1) is 6.54 Å². The Morgan fingerprint density at radius 1 is 1.36 bits per heavy atom. The van der Waals surface area contributed by atoms with Gasteiger partial charge in [-0.2, -0.15) is 17.5 Å². The average molecular weight is 330 g/mol. The van der Waals surface area contributed by atoms with E-state index >= 15 is 0 Å². The van der Waals surface area contributed by atoms with Gasteiger partial charge in [-0.25, -0.2) is 9.97 Å². The van der Waals surface area contributed by atoms with Gasteiger partial charge in [0.2, 0.25) is 11.0 Å². The van der Waals surface area contributed by atoms with E-state index in [1.165, 1.54) is 23.8 Å². The van der Waals surface area contributed by atoms with Crippen molar-refractivity contribution in [2.45, 2.75) is 24.9 Å². The monoisotopic (exact) mass is 330 g/mol. The summed E-state index contributed by atoms with van der Waals surface area (Å²) in [5.74, 6) is 0.913. The molecule has 5 nitrogen and oxygen atoms in total. The number of nitrogens with one attached hydrogen (secondary N) is 1. The van der Waals surface area contributed by atoms with Crippen molar-refractivity contribution in [1.29, 1.82) is 0 Å². The molecule has 9 heteroatoms. The molecule has 0 amide bonds. The predicted molar refractivity (Wildman–Crippen MR) is 75.1 cm³/mol. The molecular weight excluding hydrogens is 317 g/mol. The van der Waals surface area contributed by atoms with E-state index in [-0.39, 0.29) is 6.61 Å². The summed E-state index contributed by atoms with van der Waals surface area (Å²) < 4.78 is 47.6. The highest BCUT2D eigenvalue weighted by atomic mass is 32.1. The van der Waals surface area contributed by atoms with Crippen molar-refractivity contribution in [2.75, 3.05) is 18.5 Å². The van der Waals surface area contributed by atoms with Gasteiger partial charge in [0, 0.05) is 23.6 Å². The Kier molecular flexibility index (Phi) is 4.14. The number of aromatic nitrogens is 3. The number of rotatable bonds is 6. The van der Waals surface area contributed by atoms with Crippen molar-refractivity contribution in [3.63, 3.8) is 0 Å². The van der Waals surface area contributed by atoms with Gasteiger partial charge >= 0.3 is 6.18 Å². The topological polar surface area (TPSA) is 59.9 Å². The van der Waals surface area contributed by atoms with E-state index < -0.39 is 17.6 Å². The molecule has 1 aliphatic rings. The minimum atomic E-state index is -4.48. The second-order valence-corrected chi connectivity index (χ2v) is 5.61. The summed E-state index contributed by atoms with van der Waals surface area (Å²) >= 11 is 1.25. The summed E-state index contributed by atoms with van der Waals surface area (Å²) in [6.45, 7) is 0.381. The zero-order valence-corrected chi connectivity index (χ0v) is 12.2. The molecule has 2 heterocycles. The van der Waals surface area contributed by atoms with Crippen LogP contribution in [-0.2, 0) is 6.18 Å². The van der Waals surface area contributed by atoms with Crippen LogP contribution in [0.1, 0.15) is 30.1 Å². The second kappa shape index (κ2) is 6.07. The first-order valence-corrected chi connectivity index (χ1v) is 7.54. The van der Waals surface area contributed by atoms with Gasteiger partial charge in [-0.3, -0.25) is 0 Å². The Morgan fingerprint density at radius 2 is 2.18 bits per heavy atom. The number of pyridine rings is 1.